The van der Waals surface area contributed by atoms with Crippen LogP contribution in [0.4, 0.5) is 26.3 Å². The van der Waals surface area contributed by atoms with E-state index >= 15 is 0 Å². The standard InChI is InChI=1S/C25H21F6N5O3S/c1-14(11-35-24(33-2)25(29,30)31)20-7-16(15(10-32)8-21(20)28)12-34-23(37)22-9-18(27)13-36(22)40(38,39)19-5-3-17(26)4-6-19/h3-8,11,18,22H,2,9,12-13H2,1H3,(H,34,37)/b14-11+,35-24-/t18-,22+/m1/s1. The highest BCUT2D eigenvalue weighted by atomic mass is 32.2. The van der Waals surface area contributed by atoms with Crippen molar-refractivity contribution in [2.75, 3.05) is 6.54 Å². The van der Waals surface area contributed by atoms with Gasteiger partial charge in [0.05, 0.1) is 16.5 Å². The maximum Gasteiger partial charge on any atom is 0.451 e. The highest BCUT2D eigenvalue weighted by molar-refractivity contribution is 7.89. The van der Waals surface area contributed by atoms with Gasteiger partial charge in [-0.3, -0.25) is 4.79 Å². The minimum absolute atomic E-state index is 0.0459. The Labute approximate surface area is 225 Å². The predicted octanol–water partition coefficient (Wildman–Crippen LogP) is 4.28. The predicted molar refractivity (Wildman–Crippen MR) is 133 cm³/mol. The van der Waals surface area contributed by atoms with Crippen molar-refractivity contribution < 1.29 is 39.6 Å². The molecule has 1 saturated heterocycles. The summed E-state index contributed by atoms with van der Waals surface area (Å²) in [5, 5.41) is 11.8. The van der Waals surface area contributed by atoms with E-state index in [1.165, 1.54) is 6.92 Å². The zero-order valence-electron chi connectivity index (χ0n) is 20.7. The number of amidine groups is 1. The highest BCUT2D eigenvalue weighted by Gasteiger charge is 2.44. The second-order valence-corrected chi connectivity index (χ2v) is 10.5. The molecule has 0 spiro atoms. The number of nitriles is 1. The Bertz CT molecular complexity index is 1520. The molecule has 1 aliphatic heterocycles. The lowest BCUT2D eigenvalue weighted by Gasteiger charge is -2.23. The fraction of sp³-hybridized carbons (Fsp3) is 0.280. The fourth-order valence-electron chi connectivity index (χ4n) is 3.90. The first kappa shape index (κ1) is 30.5. The smallest absolute Gasteiger partial charge is 0.351 e. The van der Waals surface area contributed by atoms with Crippen LogP contribution in [0.1, 0.15) is 30.0 Å². The second kappa shape index (κ2) is 12.0. The van der Waals surface area contributed by atoms with Gasteiger partial charge in [-0.05, 0) is 61.2 Å². The third-order valence-corrected chi connectivity index (χ3v) is 7.79. The molecule has 0 aromatic heterocycles. The molecule has 0 aliphatic carbocycles. The van der Waals surface area contributed by atoms with E-state index < -0.39 is 71.3 Å². The lowest BCUT2D eigenvalue weighted by atomic mass is 9.99. The number of hydrogen-bond donors (Lipinski definition) is 1. The number of alkyl halides is 4. The molecule has 15 heteroatoms. The van der Waals surface area contributed by atoms with E-state index in [0.717, 1.165) is 36.4 Å². The van der Waals surface area contributed by atoms with Crippen molar-refractivity contribution in [2.45, 2.75) is 43.2 Å². The minimum atomic E-state index is -4.89. The van der Waals surface area contributed by atoms with Crippen LogP contribution in [0, 0.1) is 23.0 Å². The van der Waals surface area contributed by atoms with Gasteiger partial charge in [0.2, 0.25) is 21.8 Å². The second-order valence-electron chi connectivity index (χ2n) is 8.62. The van der Waals surface area contributed by atoms with Crippen LogP contribution in [0.3, 0.4) is 0 Å². The Morgan fingerprint density at radius 2 is 1.90 bits per heavy atom. The molecular weight excluding hydrogens is 564 g/mol. The molecular formula is C25H21F6N5O3S. The number of allylic oxidation sites excluding steroid dienone is 1. The van der Waals surface area contributed by atoms with Crippen LogP contribution in [0.5, 0.6) is 0 Å². The molecule has 0 radical (unpaired) electrons. The first-order chi connectivity index (χ1) is 18.7. The number of carbonyl (C=O) groups is 1. The van der Waals surface area contributed by atoms with Gasteiger partial charge in [-0.15, -0.1) is 0 Å². The SMILES string of the molecule is C=N/C(=N\C=C(/C)c1cc(CNC(=O)[C@@H]2C[C@@H](F)CN2S(=O)(=O)c2ccc(F)cc2)c(C#N)cc1F)C(F)(F)F. The van der Waals surface area contributed by atoms with Crippen molar-refractivity contribution >= 4 is 34.1 Å². The molecule has 3 rings (SSSR count). The number of rotatable bonds is 7. The maximum atomic E-state index is 14.6. The molecule has 1 amide bonds. The third-order valence-electron chi connectivity index (χ3n) is 5.90. The van der Waals surface area contributed by atoms with Gasteiger partial charge in [-0.25, -0.2) is 31.6 Å². The molecule has 0 unspecified atom stereocenters. The molecule has 8 nitrogen and oxygen atoms in total. The van der Waals surface area contributed by atoms with E-state index in [0.29, 0.717) is 10.5 Å². The molecule has 2 aromatic rings. The van der Waals surface area contributed by atoms with E-state index in [9.17, 15) is 44.8 Å². The summed E-state index contributed by atoms with van der Waals surface area (Å²) in [5.41, 5.74) is -0.479. The summed E-state index contributed by atoms with van der Waals surface area (Å²) >= 11 is 0. The Morgan fingerprint density at radius 1 is 1.25 bits per heavy atom. The quantitative estimate of drug-likeness (QED) is 0.297. The van der Waals surface area contributed by atoms with E-state index in [4.69, 9.17) is 0 Å². The van der Waals surface area contributed by atoms with Crippen molar-refractivity contribution in [2.24, 2.45) is 9.98 Å². The lowest BCUT2D eigenvalue weighted by molar-refractivity contribution is -0.124. The van der Waals surface area contributed by atoms with E-state index in [1.807, 2.05) is 0 Å². The van der Waals surface area contributed by atoms with Gasteiger partial charge in [0, 0.05) is 31.3 Å². The number of hydrogen-bond acceptors (Lipinski definition) is 5. The summed E-state index contributed by atoms with van der Waals surface area (Å²) in [7, 11) is -4.38. The molecule has 1 fully saturated rings. The van der Waals surface area contributed by atoms with Crippen LogP contribution in [0.25, 0.3) is 5.57 Å². The third kappa shape index (κ3) is 6.75. The molecule has 212 valence electrons. The summed E-state index contributed by atoms with van der Waals surface area (Å²) in [4.78, 5) is 18.6. The Hall–Kier alpha value is -4.03. The number of benzene rings is 2. The summed E-state index contributed by atoms with van der Waals surface area (Å²) in [5.74, 6) is -4.12. The molecule has 0 saturated carbocycles. The normalized spacial score (nSPS) is 18.9. The van der Waals surface area contributed by atoms with Crippen molar-refractivity contribution in [1.82, 2.24) is 9.62 Å². The molecule has 0 bridgehead atoms. The van der Waals surface area contributed by atoms with Gasteiger partial charge >= 0.3 is 6.18 Å². The van der Waals surface area contributed by atoms with Gasteiger partial charge in [0.25, 0.3) is 0 Å². The zero-order valence-corrected chi connectivity index (χ0v) is 21.5. The number of nitrogens with zero attached hydrogens (tertiary/aromatic N) is 4. The Morgan fingerprint density at radius 3 is 2.48 bits per heavy atom. The van der Waals surface area contributed by atoms with Gasteiger partial charge in [-0.1, -0.05) is 0 Å². The largest absolute Gasteiger partial charge is 0.451 e. The van der Waals surface area contributed by atoms with E-state index in [1.54, 1.807) is 6.07 Å². The molecule has 2 atom stereocenters. The van der Waals surface area contributed by atoms with Crippen LogP contribution in [-0.2, 0) is 21.4 Å². The topological polar surface area (TPSA) is 115 Å². The molecule has 1 N–H and O–H groups in total. The van der Waals surface area contributed by atoms with Gasteiger partial charge in [0.15, 0.2) is 0 Å². The van der Waals surface area contributed by atoms with E-state index in [-0.39, 0.29) is 27.2 Å². The molecule has 1 heterocycles. The number of halogens is 6. The molecule has 1 aliphatic rings. The van der Waals surface area contributed by atoms with Gasteiger partial charge in [-0.2, -0.15) is 22.7 Å². The first-order valence-corrected chi connectivity index (χ1v) is 12.8. The summed E-state index contributed by atoms with van der Waals surface area (Å²) in [6, 6.07) is 5.95. The summed E-state index contributed by atoms with van der Waals surface area (Å²) in [6.07, 6.45) is -6.32. The van der Waals surface area contributed by atoms with Crippen molar-refractivity contribution in [1.29, 1.82) is 5.26 Å². The molecule has 40 heavy (non-hydrogen) atoms. The Balaban J connectivity index is 1.86. The van der Waals surface area contributed by atoms with Crippen LogP contribution < -0.4 is 5.32 Å². The van der Waals surface area contributed by atoms with Crippen molar-refractivity contribution in [3.63, 3.8) is 0 Å². The number of carbonyl (C=O) groups excluding carboxylic acids is 1. The average molecular weight is 586 g/mol. The lowest BCUT2D eigenvalue weighted by Crippen LogP contribution is -2.45. The van der Waals surface area contributed by atoms with Crippen molar-refractivity contribution in [3.05, 3.63) is 70.9 Å². The zero-order chi connectivity index (χ0) is 29.8. The Kier molecular flexibility index (Phi) is 9.16. The van der Waals surface area contributed by atoms with E-state index in [2.05, 4.69) is 22.0 Å². The first-order valence-electron chi connectivity index (χ1n) is 11.4. The average Bonchev–Trinajstić information content (AvgIpc) is 3.29. The number of amides is 1. The van der Waals surface area contributed by atoms with Crippen LogP contribution >= 0.6 is 0 Å². The van der Waals surface area contributed by atoms with Crippen LogP contribution in [0.2, 0.25) is 0 Å². The summed E-state index contributed by atoms with van der Waals surface area (Å²) in [6.45, 7) is 3.00. The summed E-state index contributed by atoms with van der Waals surface area (Å²) < 4.78 is 107. The van der Waals surface area contributed by atoms with Gasteiger partial charge < -0.3 is 5.32 Å². The minimum Gasteiger partial charge on any atom is -0.351 e. The maximum absolute atomic E-state index is 14.6. The monoisotopic (exact) mass is 585 g/mol. The highest BCUT2D eigenvalue weighted by Crippen LogP contribution is 2.29. The van der Waals surface area contributed by atoms with Crippen LogP contribution in [0.15, 0.2) is 57.5 Å². The van der Waals surface area contributed by atoms with Crippen molar-refractivity contribution in [3.8, 4) is 6.07 Å². The van der Waals surface area contributed by atoms with Crippen LogP contribution in [-0.4, -0.2) is 56.1 Å². The number of aliphatic imine (C=N–C) groups is 2. The fourth-order valence-corrected chi connectivity index (χ4v) is 5.53. The number of sulfonamides is 1. The van der Waals surface area contributed by atoms with Gasteiger partial charge in [0.1, 0.15) is 23.8 Å². The number of nitrogens with one attached hydrogen (secondary N) is 1. The molecule has 2 aromatic carbocycles.